The van der Waals surface area contributed by atoms with Crippen LogP contribution in [-0.2, 0) is 30.4 Å². The molecule has 3 heterocycles. The summed E-state index contributed by atoms with van der Waals surface area (Å²) in [5.74, 6) is 0. The van der Waals surface area contributed by atoms with Crippen LogP contribution in [0.25, 0.3) is 0 Å². The minimum absolute atomic E-state index is 0.0161. The second-order valence-corrected chi connectivity index (χ2v) is 17.0. The molecule has 3 aliphatic heterocycles. The van der Waals surface area contributed by atoms with Crippen LogP contribution in [0.3, 0.4) is 0 Å². The molecule has 256 valence electrons. The van der Waals surface area contributed by atoms with E-state index in [0.717, 1.165) is 24.3 Å². The molecule has 1 saturated heterocycles. The molecule has 4 aromatic rings. The van der Waals surface area contributed by atoms with Crippen LogP contribution in [0.5, 0.6) is 0 Å². The summed E-state index contributed by atoms with van der Waals surface area (Å²) in [4.78, 5) is 0. The number of fused-ring (bicyclic) bond motifs is 2. The van der Waals surface area contributed by atoms with Gasteiger partial charge in [-0.2, -0.15) is 0 Å². The Morgan fingerprint density at radius 1 is 0.417 bits per heavy atom. The van der Waals surface area contributed by atoms with Crippen molar-refractivity contribution in [2.75, 3.05) is 6.16 Å². The second-order valence-electron chi connectivity index (χ2n) is 12.0. The van der Waals surface area contributed by atoms with Gasteiger partial charge >= 0.3 is 263 Å². The van der Waals surface area contributed by atoms with E-state index in [-0.39, 0.29) is 11.1 Å². The van der Waals surface area contributed by atoms with Gasteiger partial charge in [-0.15, -0.1) is 0 Å². The standard InChI is InChI=1S/C32H20F12O3P/c33-29(34,35)27(30(36,37)38)22-15-7-9-17-24(22)48(46-27,19-26(45-48,20-11-3-1-4-12-20)21-13-5-2-6-14-21)25-18-10-8-16-23(25)28(47-48,31(39,40)41)32(42,43)44/h1-18H,19H2/q-1. The van der Waals surface area contributed by atoms with E-state index in [1.54, 1.807) is 0 Å². The molecule has 1 fully saturated rings. The third-order valence-corrected chi connectivity index (χ3v) is 16.0. The first-order valence-electron chi connectivity index (χ1n) is 14.0. The molecule has 3 nitrogen and oxygen atoms in total. The second kappa shape index (κ2) is 8.92. The van der Waals surface area contributed by atoms with E-state index in [4.69, 9.17) is 13.6 Å². The van der Waals surface area contributed by atoms with Crippen molar-refractivity contribution < 1.29 is 66.3 Å². The van der Waals surface area contributed by atoms with E-state index in [1.165, 1.54) is 60.7 Å². The van der Waals surface area contributed by atoms with Crippen LogP contribution in [-0.4, -0.2) is 30.9 Å². The molecule has 0 radical (unpaired) electrons. The number of alkyl halides is 12. The van der Waals surface area contributed by atoms with E-state index in [9.17, 15) is 0 Å². The predicted molar refractivity (Wildman–Crippen MR) is 148 cm³/mol. The van der Waals surface area contributed by atoms with Crippen molar-refractivity contribution >= 4 is 17.2 Å². The Bertz CT molecular complexity index is 1780. The molecule has 0 amide bonds. The molecular formula is C32H20F12O3P-. The zero-order chi connectivity index (χ0) is 34.9. The first-order valence-corrected chi connectivity index (χ1v) is 16.6. The summed E-state index contributed by atoms with van der Waals surface area (Å²) in [6, 6.07) is 18.8. The van der Waals surface area contributed by atoms with Gasteiger partial charge < -0.3 is 0 Å². The van der Waals surface area contributed by atoms with Gasteiger partial charge in [0.15, 0.2) is 0 Å². The van der Waals surface area contributed by atoms with Gasteiger partial charge in [-0.25, -0.2) is 0 Å². The van der Waals surface area contributed by atoms with Gasteiger partial charge in [0.2, 0.25) is 0 Å². The summed E-state index contributed by atoms with van der Waals surface area (Å²) in [7, 11) is 0. The summed E-state index contributed by atoms with van der Waals surface area (Å²) in [5, 5.41) is -2.69. The van der Waals surface area contributed by atoms with Crippen LogP contribution in [0.1, 0.15) is 22.3 Å². The van der Waals surface area contributed by atoms with Crippen molar-refractivity contribution in [1.82, 2.24) is 0 Å². The van der Waals surface area contributed by atoms with Gasteiger partial charge in [0, 0.05) is 0 Å². The molecular weight excluding hydrogens is 691 g/mol. The summed E-state index contributed by atoms with van der Waals surface area (Å²) in [6.07, 6.45) is -27.5. The Morgan fingerprint density at radius 2 is 0.708 bits per heavy atom. The molecule has 3 aliphatic rings. The Morgan fingerprint density at radius 3 is 1.02 bits per heavy atom. The molecule has 0 N–H and O–H groups in total. The van der Waals surface area contributed by atoms with Crippen LogP contribution in [0, 0.1) is 0 Å². The van der Waals surface area contributed by atoms with Crippen LogP contribution in [0.15, 0.2) is 109 Å². The SMILES string of the molecule is FC(F)(F)C1(C(F)(F)F)O[P-]23(CC(c4ccccc4)(c4ccccc4)O2)(OC(C(F)(F)F)(C(F)(F)F)c2ccccc23)c2ccccc21. The van der Waals surface area contributed by atoms with Crippen LogP contribution in [0.4, 0.5) is 52.7 Å². The van der Waals surface area contributed by atoms with Crippen molar-refractivity contribution in [2.45, 2.75) is 41.5 Å². The Hall–Kier alpha value is -3.65. The third kappa shape index (κ3) is 3.38. The van der Waals surface area contributed by atoms with Gasteiger partial charge in [-0.3, -0.25) is 0 Å². The molecule has 7 rings (SSSR count). The van der Waals surface area contributed by atoms with E-state index in [2.05, 4.69) is 0 Å². The van der Waals surface area contributed by atoms with Crippen LogP contribution in [0.2, 0.25) is 0 Å². The molecule has 0 saturated carbocycles. The number of hydrogen-bond donors (Lipinski definition) is 0. The van der Waals surface area contributed by atoms with Gasteiger partial charge in [-0.1, -0.05) is 0 Å². The van der Waals surface area contributed by atoms with Crippen molar-refractivity contribution in [2.24, 2.45) is 0 Å². The molecule has 0 bridgehead atoms. The summed E-state index contributed by atoms with van der Waals surface area (Å²) >= 11 is 0. The topological polar surface area (TPSA) is 27.7 Å². The predicted octanol–water partition coefficient (Wildman–Crippen LogP) is 9.15. The average Bonchev–Trinajstić information content (AvgIpc) is 3.42. The normalized spacial score (nSPS) is 24.0. The minimum atomic E-state index is -8.15. The molecule has 0 unspecified atom stereocenters. The first kappa shape index (κ1) is 32.9. The Labute approximate surface area is 262 Å². The zero-order valence-corrected chi connectivity index (χ0v) is 24.7. The van der Waals surface area contributed by atoms with Crippen molar-refractivity contribution in [3.8, 4) is 0 Å². The van der Waals surface area contributed by atoms with E-state index >= 15 is 52.7 Å². The molecule has 0 aromatic heterocycles. The third-order valence-electron chi connectivity index (χ3n) is 9.51. The van der Waals surface area contributed by atoms with Crippen molar-refractivity contribution in [1.29, 1.82) is 0 Å². The fraction of sp³-hybridized carbons (Fsp3) is 0.250. The van der Waals surface area contributed by atoms with Gasteiger partial charge in [-0.05, 0) is 0 Å². The molecule has 0 atom stereocenters. The van der Waals surface area contributed by atoms with E-state index in [1.807, 2.05) is 0 Å². The number of halogens is 12. The fourth-order valence-corrected chi connectivity index (χ4v) is 16.2. The maximum absolute atomic E-state index is 15.2. The number of benzene rings is 4. The maximum atomic E-state index is 15.2. The Balaban J connectivity index is 1.74. The van der Waals surface area contributed by atoms with Crippen molar-refractivity contribution in [3.63, 3.8) is 0 Å². The van der Waals surface area contributed by atoms with Gasteiger partial charge in [0.1, 0.15) is 0 Å². The quantitative estimate of drug-likeness (QED) is 0.153. The zero-order valence-electron chi connectivity index (χ0n) is 23.8. The number of rotatable bonds is 2. The van der Waals surface area contributed by atoms with Crippen LogP contribution < -0.4 is 10.6 Å². The van der Waals surface area contributed by atoms with E-state index < -0.39 is 76.0 Å². The molecule has 4 aromatic carbocycles. The van der Waals surface area contributed by atoms with E-state index in [0.29, 0.717) is 24.3 Å². The van der Waals surface area contributed by atoms with Gasteiger partial charge in [0.25, 0.3) is 0 Å². The number of hydrogen-bond acceptors (Lipinski definition) is 3. The molecule has 16 heteroatoms. The average molecular weight is 711 g/mol. The molecule has 0 aliphatic carbocycles. The summed E-state index contributed by atoms with van der Waals surface area (Å²) in [5.41, 5.74) is -16.9. The first-order chi connectivity index (χ1) is 22.1. The summed E-state index contributed by atoms with van der Waals surface area (Å²) in [6.45, 7) is -8.15. The molecule has 48 heavy (non-hydrogen) atoms. The summed E-state index contributed by atoms with van der Waals surface area (Å²) < 4.78 is 200. The van der Waals surface area contributed by atoms with Gasteiger partial charge in [0.05, 0.1) is 0 Å². The monoisotopic (exact) mass is 711 g/mol. The Kier molecular flexibility index (Phi) is 6.11. The van der Waals surface area contributed by atoms with Crippen molar-refractivity contribution in [3.05, 3.63) is 131 Å². The fourth-order valence-electron chi connectivity index (χ4n) is 7.89. The molecule has 1 spiro atoms. The van der Waals surface area contributed by atoms with Crippen LogP contribution >= 0.6 is 6.63 Å².